The van der Waals surface area contributed by atoms with E-state index in [-0.39, 0.29) is 6.10 Å². The molecule has 0 saturated carbocycles. The number of aliphatic hydroxyl groups excluding tert-OH is 1. The molecular formula is C12H25NO2. The van der Waals surface area contributed by atoms with Crippen molar-refractivity contribution >= 4 is 0 Å². The SMILES string of the molecule is CCOCCCN1CCC(C(C)O)CC1. The van der Waals surface area contributed by atoms with E-state index in [4.69, 9.17) is 4.74 Å². The molecule has 90 valence electrons. The van der Waals surface area contributed by atoms with Crippen LogP contribution in [0.5, 0.6) is 0 Å². The predicted octanol–water partition coefficient (Wildman–Crippen LogP) is 1.51. The monoisotopic (exact) mass is 215 g/mol. The van der Waals surface area contributed by atoms with Crippen molar-refractivity contribution in [3.05, 3.63) is 0 Å². The van der Waals surface area contributed by atoms with E-state index in [9.17, 15) is 5.11 Å². The predicted molar refractivity (Wildman–Crippen MR) is 62.0 cm³/mol. The highest BCUT2D eigenvalue weighted by Crippen LogP contribution is 2.20. The van der Waals surface area contributed by atoms with Crippen LogP contribution in [-0.2, 0) is 4.74 Å². The first-order valence-corrected chi connectivity index (χ1v) is 6.22. The lowest BCUT2D eigenvalue weighted by atomic mass is 9.92. The fourth-order valence-electron chi connectivity index (χ4n) is 2.19. The molecule has 0 spiro atoms. The maximum atomic E-state index is 9.47. The molecule has 1 atom stereocenters. The summed E-state index contributed by atoms with van der Waals surface area (Å²) in [5.41, 5.74) is 0. The van der Waals surface area contributed by atoms with Crippen molar-refractivity contribution in [1.29, 1.82) is 0 Å². The average molecular weight is 215 g/mol. The van der Waals surface area contributed by atoms with Gasteiger partial charge in [-0.3, -0.25) is 0 Å². The molecule has 1 fully saturated rings. The summed E-state index contributed by atoms with van der Waals surface area (Å²) in [5, 5.41) is 9.47. The van der Waals surface area contributed by atoms with Crippen molar-refractivity contribution in [2.75, 3.05) is 32.8 Å². The molecule has 1 rings (SSSR count). The van der Waals surface area contributed by atoms with Crippen molar-refractivity contribution in [3.8, 4) is 0 Å². The van der Waals surface area contributed by atoms with Crippen LogP contribution < -0.4 is 0 Å². The van der Waals surface area contributed by atoms with Gasteiger partial charge in [0, 0.05) is 19.8 Å². The molecule has 0 bridgehead atoms. The minimum Gasteiger partial charge on any atom is -0.393 e. The van der Waals surface area contributed by atoms with Gasteiger partial charge in [-0.15, -0.1) is 0 Å². The van der Waals surface area contributed by atoms with Gasteiger partial charge in [0.1, 0.15) is 0 Å². The minimum atomic E-state index is -0.129. The molecular weight excluding hydrogens is 190 g/mol. The Labute approximate surface area is 93.4 Å². The number of nitrogens with zero attached hydrogens (tertiary/aromatic N) is 1. The smallest absolute Gasteiger partial charge is 0.0541 e. The molecule has 0 aliphatic carbocycles. The van der Waals surface area contributed by atoms with Crippen LogP contribution >= 0.6 is 0 Å². The van der Waals surface area contributed by atoms with Crippen LogP contribution in [0, 0.1) is 5.92 Å². The summed E-state index contributed by atoms with van der Waals surface area (Å²) < 4.78 is 5.32. The zero-order valence-electron chi connectivity index (χ0n) is 10.1. The summed E-state index contributed by atoms with van der Waals surface area (Å²) in [4.78, 5) is 2.48. The van der Waals surface area contributed by atoms with Gasteiger partial charge in [-0.05, 0) is 52.1 Å². The fourth-order valence-corrected chi connectivity index (χ4v) is 2.19. The average Bonchev–Trinajstić information content (AvgIpc) is 2.25. The molecule has 0 radical (unpaired) electrons. The lowest BCUT2D eigenvalue weighted by Gasteiger charge is -2.33. The zero-order valence-corrected chi connectivity index (χ0v) is 10.1. The molecule has 1 N–H and O–H groups in total. The Kier molecular flexibility index (Phi) is 6.22. The van der Waals surface area contributed by atoms with Crippen LogP contribution in [0.3, 0.4) is 0 Å². The quantitative estimate of drug-likeness (QED) is 0.682. The van der Waals surface area contributed by atoms with E-state index in [2.05, 4.69) is 4.90 Å². The van der Waals surface area contributed by atoms with E-state index in [1.54, 1.807) is 0 Å². The highest BCUT2D eigenvalue weighted by atomic mass is 16.5. The Morgan fingerprint density at radius 1 is 1.40 bits per heavy atom. The molecule has 1 heterocycles. The second-order valence-corrected chi connectivity index (χ2v) is 4.47. The Morgan fingerprint density at radius 3 is 2.60 bits per heavy atom. The summed E-state index contributed by atoms with van der Waals surface area (Å²) in [7, 11) is 0. The largest absolute Gasteiger partial charge is 0.393 e. The van der Waals surface area contributed by atoms with Gasteiger partial charge >= 0.3 is 0 Å². The summed E-state index contributed by atoms with van der Waals surface area (Å²) in [6.45, 7) is 9.08. The fraction of sp³-hybridized carbons (Fsp3) is 1.00. The third-order valence-electron chi connectivity index (χ3n) is 3.28. The van der Waals surface area contributed by atoms with Crippen molar-refractivity contribution in [1.82, 2.24) is 4.90 Å². The van der Waals surface area contributed by atoms with Gasteiger partial charge in [-0.25, -0.2) is 0 Å². The molecule has 0 aromatic carbocycles. The summed E-state index contributed by atoms with van der Waals surface area (Å²) in [5.74, 6) is 0.521. The highest BCUT2D eigenvalue weighted by molar-refractivity contribution is 4.75. The van der Waals surface area contributed by atoms with Gasteiger partial charge in [0.25, 0.3) is 0 Å². The van der Waals surface area contributed by atoms with Gasteiger partial charge in [-0.2, -0.15) is 0 Å². The van der Waals surface area contributed by atoms with Crippen LogP contribution in [0.1, 0.15) is 33.1 Å². The van der Waals surface area contributed by atoms with Gasteiger partial charge in [-0.1, -0.05) is 0 Å². The van der Waals surface area contributed by atoms with Crippen LogP contribution in [0.2, 0.25) is 0 Å². The minimum absolute atomic E-state index is 0.129. The molecule has 15 heavy (non-hydrogen) atoms. The molecule has 3 nitrogen and oxygen atoms in total. The third kappa shape index (κ3) is 4.96. The van der Waals surface area contributed by atoms with Crippen molar-refractivity contribution in [2.45, 2.75) is 39.2 Å². The Balaban J connectivity index is 2.04. The van der Waals surface area contributed by atoms with Crippen molar-refractivity contribution in [3.63, 3.8) is 0 Å². The topological polar surface area (TPSA) is 32.7 Å². The lowest BCUT2D eigenvalue weighted by Crippen LogP contribution is -2.37. The van der Waals surface area contributed by atoms with Gasteiger partial charge in [0.2, 0.25) is 0 Å². The Morgan fingerprint density at radius 2 is 2.07 bits per heavy atom. The number of likely N-dealkylation sites (tertiary alicyclic amines) is 1. The Hall–Kier alpha value is -0.120. The molecule has 1 unspecified atom stereocenters. The van der Waals surface area contributed by atoms with E-state index in [1.165, 1.54) is 0 Å². The van der Waals surface area contributed by atoms with E-state index in [1.807, 2.05) is 13.8 Å². The normalized spacial score (nSPS) is 21.8. The summed E-state index contributed by atoms with van der Waals surface area (Å²) in [6, 6.07) is 0. The number of ether oxygens (including phenoxy) is 1. The first-order valence-electron chi connectivity index (χ1n) is 6.22. The zero-order chi connectivity index (χ0) is 11.1. The number of piperidine rings is 1. The summed E-state index contributed by atoms with van der Waals surface area (Å²) in [6.07, 6.45) is 3.29. The molecule has 1 aliphatic heterocycles. The number of hydrogen-bond acceptors (Lipinski definition) is 3. The number of aliphatic hydroxyl groups is 1. The molecule has 1 aliphatic rings. The Bertz CT molecular complexity index is 154. The van der Waals surface area contributed by atoms with E-state index >= 15 is 0 Å². The number of rotatable bonds is 6. The van der Waals surface area contributed by atoms with Crippen LogP contribution in [0.25, 0.3) is 0 Å². The maximum Gasteiger partial charge on any atom is 0.0541 e. The van der Waals surface area contributed by atoms with Gasteiger partial charge in [0.05, 0.1) is 6.10 Å². The number of hydrogen-bond donors (Lipinski definition) is 1. The second kappa shape index (κ2) is 7.20. The van der Waals surface area contributed by atoms with E-state index < -0.39 is 0 Å². The van der Waals surface area contributed by atoms with E-state index in [0.29, 0.717) is 5.92 Å². The van der Waals surface area contributed by atoms with Crippen LogP contribution in [-0.4, -0.2) is 49.0 Å². The maximum absolute atomic E-state index is 9.47. The van der Waals surface area contributed by atoms with Crippen LogP contribution in [0.15, 0.2) is 0 Å². The van der Waals surface area contributed by atoms with Gasteiger partial charge in [0.15, 0.2) is 0 Å². The second-order valence-electron chi connectivity index (χ2n) is 4.47. The molecule has 0 amide bonds. The van der Waals surface area contributed by atoms with E-state index in [0.717, 1.165) is 52.1 Å². The van der Waals surface area contributed by atoms with Crippen molar-refractivity contribution in [2.24, 2.45) is 5.92 Å². The first kappa shape index (κ1) is 12.9. The highest BCUT2D eigenvalue weighted by Gasteiger charge is 2.21. The molecule has 3 heteroatoms. The first-order chi connectivity index (χ1) is 7.24. The molecule has 1 saturated heterocycles. The van der Waals surface area contributed by atoms with Crippen LogP contribution in [0.4, 0.5) is 0 Å². The lowest BCUT2D eigenvalue weighted by molar-refractivity contribution is 0.0661. The van der Waals surface area contributed by atoms with Gasteiger partial charge < -0.3 is 14.7 Å². The summed E-state index contributed by atoms with van der Waals surface area (Å²) >= 11 is 0. The third-order valence-corrected chi connectivity index (χ3v) is 3.28. The van der Waals surface area contributed by atoms with Crippen molar-refractivity contribution < 1.29 is 9.84 Å². The standard InChI is InChI=1S/C12H25NO2/c1-3-15-10-4-7-13-8-5-12(6-9-13)11(2)14/h11-12,14H,3-10H2,1-2H3. The molecule has 0 aromatic heterocycles. The molecule has 0 aromatic rings.